The van der Waals surface area contributed by atoms with E-state index >= 15 is 0 Å². The third-order valence-corrected chi connectivity index (χ3v) is 5.31. The summed E-state index contributed by atoms with van der Waals surface area (Å²) >= 11 is 5.89. The molecule has 6 nitrogen and oxygen atoms in total. The zero-order chi connectivity index (χ0) is 17.9. The highest BCUT2D eigenvalue weighted by molar-refractivity contribution is 7.89. The minimum atomic E-state index is -3.65. The second kappa shape index (κ2) is 7.51. The number of ether oxygens (including phenoxy) is 3. The molecule has 0 amide bonds. The fourth-order valence-electron chi connectivity index (χ4n) is 2.39. The van der Waals surface area contributed by atoms with Crippen molar-refractivity contribution in [1.82, 2.24) is 4.72 Å². The van der Waals surface area contributed by atoms with Crippen LogP contribution < -0.4 is 18.9 Å². The van der Waals surface area contributed by atoms with E-state index in [4.69, 9.17) is 25.8 Å². The molecule has 1 heterocycles. The highest BCUT2D eigenvalue weighted by Gasteiger charge is 2.19. The summed E-state index contributed by atoms with van der Waals surface area (Å²) < 4.78 is 43.6. The highest BCUT2D eigenvalue weighted by atomic mass is 35.5. The van der Waals surface area contributed by atoms with Crippen molar-refractivity contribution in [2.24, 2.45) is 0 Å². The minimum absolute atomic E-state index is 0.124. The fourth-order valence-corrected chi connectivity index (χ4v) is 3.64. The Balaban J connectivity index is 1.58. The third-order valence-electron chi connectivity index (χ3n) is 3.61. The highest BCUT2D eigenvalue weighted by Crippen LogP contribution is 2.32. The largest absolute Gasteiger partial charge is 0.492 e. The Morgan fingerprint density at radius 2 is 1.88 bits per heavy atom. The summed E-state index contributed by atoms with van der Waals surface area (Å²) in [6, 6.07) is 9.81. The molecule has 2 aromatic carbocycles. The predicted molar refractivity (Wildman–Crippen MR) is 94.3 cm³/mol. The monoisotopic (exact) mass is 383 g/mol. The summed E-state index contributed by atoms with van der Waals surface area (Å²) in [5.41, 5.74) is 0.891. The lowest BCUT2D eigenvalue weighted by Gasteiger charge is -2.19. The van der Waals surface area contributed by atoms with Crippen molar-refractivity contribution in [3.8, 4) is 17.2 Å². The maximum atomic E-state index is 12.4. The Labute approximate surface area is 151 Å². The Morgan fingerprint density at radius 3 is 2.64 bits per heavy atom. The molecular formula is C17H18ClNO5S. The van der Waals surface area contributed by atoms with Gasteiger partial charge in [0.15, 0.2) is 11.5 Å². The summed E-state index contributed by atoms with van der Waals surface area (Å²) in [4.78, 5) is 0.124. The van der Waals surface area contributed by atoms with Gasteiger partial charge in [0, 0.05) is 17.6 Å². The van der Waals surface area contributed by atoms with E-state index in [0.29, 0.717) is 35.5 Å². The van der Waals surface area contributed by atoms with Gasteiger partial charge in [0.05, 0.1) is 4.90 Å². The van der Waals surface area contributed by atoms with Gasteiger partial charge in [-0.05, 0) is 42.8 Å². The lowest BCUT2D eigenvalue weighted by molar-refractivity contribution is 0.171. The predicted octanol–water partition coefficient (Wildman–Crippen LogP) is 2.78. The van der Waals surface area contributed by atoms with E-state index in [1.807, 2.05) is 6.92 Å². The number of hydrogen-bond acceptors (Lipinski definition) is 5. The summed E-state index contributed by atoms with van der Waals surface area (Å²) in [5.74, 6) is 1.65. The van der Waals surface area contributed by atoms with Gasteiger partial charge in [0.25, 0.3) is 0 Å². The maximum absolute atomic E-state index is 12.4. The van der Waals surface area contributed by atoms with Crippen LogP contribution in [0.15, 0.2) is 41.3 Å². The van der Waals surface area contributed by atoms with Crippen molar-refractivity contribution in [2.45, 2.75) is 11.8 Å². The van der Waals surface area contributed by atoms with E-state index in [1.165, 1.54) is 12.1 Å². The number of halogens is 1. The Hall–Kier alpha value is -1.96. The van der Waals surface area contributed by atoms with Crippen LogP contribution in [-0.2, 0) is 10.0 Å². The van der Waals surface area contributed by atoms with Crippen molar-refractivity contribution in [2.75, 3.05) is 26.4 Å². The van der Waals surface area contributed by atoms with Crippen LogP contribution >= 0.6 is 11.6 Å². The molecule has 1 aliphatic rings. The molecule has 0 aromatic heterocycles. The molecule has 134 valence electrons. The van der Waals surface area contributed by atoms with Crippen molar-refractivity contribution >= 4 is 21.6 Å². The first-order chi connectivity index (χ1) is 12.0. The van der Waals surface area contributed by atoms with Crippen LogP contribution in [-0.4, -0.2) is 34.8 Å². The molecule has 2 aromatic rings. The summed E-state index contributed by atoms with van der Waals surface area (Å²) in [6.45, 7) is 3.07. The van der Waals surface area contributed by atoms with Crippen molar-refractivity contribution in [3.63, 3.8) is 0 Å². The van der Waals surface area contributed by atoms with E-state index in [-0.39, 0.29) is 18.0 Å². The lowest BCUT2D eigenvalue weighted by Crippen LogP contribution is -2.28. The molecule has 1 aliphatic heterocycles. The summed E-state index contributed by atoms with van der Waals surface area (Å²) in [7, 11) is -3.65. The first-order valence-corrected chi connectivity index (χ1v) is 9.60. The molecule has 0 fully saturated rings. The van der Waals surface area contributed by atoms with E-state index in [0.717, 1.165) is 5.56 Å². The molecular weight excluding hydrogens is 366 g/mol. The van der Waals surface area contributed by atoms with Crippen molar-refractivity contribution < 1.29 is 22.6 Å². The third kappa shape index (κ3) is 4.36. The van der Waals surface area contributed by atoms with Crippen LogP contribution in [0.1, 0.15) is 5.56 Å². The average molecular weight is 384 g/mol. The van der Waals surface area contributed by atoms with Crippen molar-refractivity contribution in [3.05, 3.63) is 47.0 Å². The van der Waals surface area contributed by atoms with E-state index in [9.17, 15) is 8.42 Å². The smallest absolute Gasteiger partial charge is 0.240 e. The van der Waals surface area contributed by atoms with Gasteiger partial charge in [-0.25, -0.2) is 13.1 Å². The van der Waals surface area contributed by atoms with Gasteiger partial charge in [-0.1, -0.05) is 11.6 Å². The van der Waals surface area contributed by atoms with Gasteiger partial charge in [-0.3, -0.25) is 0 Å². The number of aryl methyl sites for hydroxylation is 1. The van der Waals surface area contributed by atoms with Crippen LogP contribution in [0.25, 0.3) is 0 Å². The number of benzene rings is 2. The first kappa shape index (κ1) is 17.8. The average Bonchev–Trinajstić information content (AvgIpc) is 2.60. The maximum Gasteiger partial charge on any atom is 0.240 e. The molecule has 0 aliphatic carbocycles. The van der Waals surface area contributed by atoms with Crippen LogP contribution in [0.2, 0.25) is 5.02 Å². The zero-order valence-electron chi connectivity index (χ0n) is 13.6. The number of hydrogen-bond donors (Lipinski definition) is 1. The first-order valence-electron chi connectivity index (χ1n) is 7.74. The van der Waals surface area contributed by atoms with Gasteiger partial charge in [-0.2, -0.15) is 0 Å². The zero-order valence-corrected chi connectivity index (χ0v) is 15.2. The molecule has 0 saturated carbocycles. The van der Waals surface area contributed by atoms with Gasteiger partial charge in [0.2, 0.25) is 10.0 Å². The van der Waals surface area contributed by atoms with Gasteiger partial charge >= 0.3 is 0 Å². The second-order valence-corrected chi connectivity index (χ2v) is 7.66. The molecule has 1 N–H and O–H groups in total. The van der Waals surface area contributed by atoms with Crippen LogP contribution in [0.5, 0.6) is 17.2 Å². The topological polar surface area (TPSA) is 73.9 Å². The molecule has 25 heavy (non-hydrogen) atoms. The summed E-state index contributed by atoms with van der Waals surface area (Å²) in [6.07, 6.45) is 0. The standard InChI is InChI=1S/C17H18ClNO5S/c1-12-10-13(18)2-4-15(12)22-7-6-19-25(20,21)14-3-5-16-17(11-14)24-9-8-23-16/h2-5,10-11,19H,6-9H2,1H3. The Bertz CT molecular complexity index is 869. The second-order valence-electron chi connectivity index (χ2n) is 5.46. The number of fused-ring (bicyclic) bond motifs is 1. The SMILES string of the molecule is Cc1cc(Cl)ccc1OCCNS(=O)(=O)c1ccc2c(c1)OCCO2. The minimum Gasteiger partial charge on any atom is -0.492 e. The molecule has 0 unspecified atom stereocenters. The van der Waals surface area contributed by atoms with E-state index < -0.39 is 10.0 Å². The summed E-state index contributed by atoms with van der Waals surface area (Å²) in [5, 5.41) is 0.629. The van der Waals surface area contributed by atoms with E-state index in [2.05, 4.69) is 4.72 Å². The fraction of sp³-hybridized carbons (Fsp3) is 0.294. The van der Waals surface area contributed by atoms with Gasteiger partial charge in [-0.15, -0.1) is 0 Å². The molecule has 8 heteroatoms. The molecule has 0 radical (unpaired) electrons. The lowest BCUT2D eigenvalue weighted by atomic mass is 10.2. The quantitative estimate of drug-likeness (QED) is 0.776. The Kier molecular flexibility index (Phi) is 5.36. The molecule has 0 bridgehead atoms. The van der Waals surface area contributed by atoms with Crippen molar-refractivity contribution in [1.29, 1.82) is 0 Å². The Morgan fingerprint density at radius 1 is 1.12 bits per heavy atom. The van der Waals surface area contributed by atoms with Gasteiger partial charge in [0.1, 0.15) is 25.6 Å². The van der Waals surface area contributed by atoms with Crippen LogP contribution in [0.4, 0.5) is 0 Å². The van der Waals surface area contributed by atoms with Crippen LogP contribution in [0.3, 0.4) is 0 Å². The van der Waals surface area contributed by atoms with E-state index in [1.54, 1.807) is 24.3 Å². The number of nitrogens with one attached hydrogen (secondary N) is 1. The normalized spacial score (nSPS) is 13.5. The molecule has 0 saturated heterocycles. The molecule has 0 atom stereocenters. The van der Waals surface area contributed by atoms with Crippen LogP contribution in [0, 0.1) is 6.92 Å². The molecule has 0 spiro atoms. The van der Waals surface area contributed by atoms with Gasteiger partial charge < -0.3 is 14.2 Å². The molecule has 3 rings (SSSR count). The number of rotatable bonds is 6. The number of sulfonamides is 1.